The van der Waals surface area contributed by atoms with E-state index in [0.717, 1.165) is 0 Å². The van der Waals surface area contributed by atoms with Crippen LogP contribution in [0.5, 0.6) is 0 Å². The summed E-state index contributed by atoms with van der Waals surface area (Å²) in [6.07, 6.45) is 0. The maximum absolute atomic E-state index is 4.99. The van der Waals surface area contributed by atoms with Gasteiger partial charge in [0.15, 0.2) is 0 Å². The molecule has 0 saturated heterocycles. The summed E-state index contributed by atoms with van der Waals surface area (Å²) in [6, 6.07) is 0. The van der Waals surface area contributed by atoms with Crippen molar-refractivity contribution in [3.05, 3.63) is 0 Å². The highest BCUT2D eigenvalue weighted by Gasteiger charge is 2.06. The van der Waals surface area contributed by atoms with Crippen LogP contribution in [0.4, 0.5) is 0 Å². The second kappa shape index (κ2) is 6.54. The molecule has 0 bridgehead atoms. The summed E-state index contributed by atoms with van der Waals surface area (Å²) in [5, 5.41) is 0. The maximum Gasteiger partial charge on any atom is 0.316 e. The molecule has 0 amide bonds. The standard InChI is InChI=1S/C4H11BrOSi.Mg.2H/c1-6-4(5)7(2)3;;;/h4,7H,1-3H3;;;. The van der Waals surface area contributed by atoms with Gasteiger partial charge in [0.1, 0.15) is 0 Å². The fourth-order valence-corrected chi connectivity index (χ4v) is 0.816. The fourth-order valence-electron chi connectivity index (χ4n) is 0.272. The van der Waals surface area contributed by atoms with E-state index in [2.05, 4.69) is 29.0 Å². The first-order valence-electron chi connectivity index (χ1n) is 2.35. The Kier molecular flexibility index (Phi) is 9.92. The number of rotatable bonds is 2. The van der Waals surface area contributed by atoms with Gasteiger partial charge in [-0.05, 0) is 0 Å². The van der Waals surface area contributed by atoms with Gasteiger partial charge in [0, 0.05) is 7.11 Å². The largest absolute Gasteiger partial charge is 0.374 e. The molecule has 0 N–H and O–H groups in total. The fraction of sp³-hybridized carbons (Fsp3) is 1.00. The second-order valence-electron chi connectivity index (χ2n) is 1.83. The zero-order valence-corrected chi connectivity index (χ0v) is 7.68. The van der Waals surface area contributed by atoms with E-state index in [1.807, 2.05) is 0 Å². The van der Waals surface area contributed by atoms with E-state index in [9.17, 15) is 0 Å². The summed E-state index contributed by atoms with van der Waals surface area (Å²) >= 11 is 3.38. The summed E-state index contributed by atoms with van der Waals surface area (Å²) in [6.45, 7) is 4.48. The van der Waals surface area contributed by atoms with Gasteiger partial charge in [0.25, 0.3) is 0 Å². The number of methoxy groups -OCH3 is 1. The van der Waals surface area contributed by atoms with Crippen molar-refractivity contribution in [2.24, 2.45) is 0 Å². The van der Waals surface area contributed by atoms with Gasteiger partial charge in [0.2, 0.25) is 0 Å². The number of ether oxygens (including phenoxy) is 1. The molecule has 1 atom stereocenters. The third kappa shape index (κ3) is 5.56. The van der Waals surface area contributed by atoms with E-state index < -0.39 is 8.80 Å². The lowest BCUT2D eigenvalue weighted by atomic mass is 11.5. The Hall–Kier alpha value is 1.42. The molecule has 1 unspecified atom stereocenters. The molecule has 0 aliphatic heterocycles. The van der Waals surface area contributed by atoms with Crippen molar-refractivity contribution in [1.29, 1.82) is 0 Å². The lowest BCUT2D eigenvalue weighted by Gasteiger charge is -2.08. The molecule has 0 aliphatic carbocycles. The molecule has 0 aromatic rings. The minimum atomic E-state index is -0.570. The average Bonchev–Trinajstić information content (AvgIpc) is 1.65. The van der Waals surface area contributed by atoms with Gasteiger partial charge in [-0.25, -0.2) is 0 Å². The first-order chi connectivity index (χ1) is 3.18. The van der Waals surface area contributed by atoms with Crippen molar-refractivity contribution in [3.63, 3.8) is 0 Å². The molecular weight excluding hydrogens is 196 g/mol. The van der Waals surface area contributed by atoms with Crippen LogP contribution in [0.25, 0.3) is 0 Å². The molecule has 1 nitrogen and oxygen atoms in total. The monoisotopic (exact) mass is 208 g/mol. The first kappa shape index (κ1) is 12.1. The molecule has 48 valence electrons. The van der Waals surface area contributed by atoms with E-state index in [-0.39, 0.29) is 23.1 Å². The molecule has 0 spiro atoms. The Bertz CT molecular complexity index is 53.3. The molecule has 0 aromatic carbocycles. The van der Waals surface area contributed by atoms with Crippen LogP contribution in [0.1, 0.15) is 0 Å². The second-order valence-corrected chi connectivity index (χ2v) is 6.80. The van der Waals surface area contributed by atoms with Gasteiger partial charge in [-0.2, -0.15) is 0 Å². The van der Waals surface area contributed by atoms with Crippen LogP contribution < -0.4 is 0 Å². The van der Waals surface area contributed by atoms with Crippen LogP contribution in [0.2, 0.25) is 13.1 Å². The Morgan fingerprint density at radius 3 is 1.88 bits per heavy atom. The van der Waals surface area contributed by atoms with Gasteiger partial charge < -0.3 is 4.74 Å². The van der Waals surface area contributed by atoms with Crippen LogP contribution >= 0.6 is 15.9 Å². The number of hydrogen-bond donors (Lipinski definition) is 0. The number of halogens is 1. The molecule has 0 aromatic heterocycles. The lowest BCUT2D eigenvalue weighted by molar-refractivity contribution is 0.229. The van der Waals surface area contributed by atoms with E-state index in [0.29, 0.717) is 4.64 Å². The Morgan fingerprint density at radius 2 is 1.88 bits per heavy atom. The van der Waals surface area contributed by atoms with Gasteiger partial charge >= 0.3 is 23.1 Å². The summed E-state index contributed by atoms with van der Waals surface area (Å²) in [4.78, 5) is 0. The van der Waals surface area contributed by atoms with Crippen LogP contribution in [0, 0.1) is 0 Å². The molecular formula is C4H13BrMgOSi. The van der Waals surface area contributed by atoms with Crippen molar-refractivity contribution in [3.8, 4) is 0 Å². The Labute approximate surface area is 77.1 Å². The zero-order valence-electron chi connectivity index (χ0n) is 4.94. The van der Waals surface area contributed by atoms with E-state index in [1.54, 1.807) is 7.11 Å². The molecule has 4 heteroatoms. The van der Waals surface area contributed by atoms with Crippen molar-refractivity contribution in [2.75, 3.05) is 7.11 Å². The van der Waals surface area contributed by atoms with E-state index in [4.69, 9.17) is 4.74 Å². The highest BCUT2D eigenvalue weighted by Crippen LogP contribution is 2.03. The number of hydrogen-bond acceptors (Lipinski definition) is 1. The quantitative estimate of drug-likeness (QED) is 0.474. The Balaban J connectivity index is 0. The maximum atomic E-state index is 4.99. The predicted octanol–water partition coefficient (Wildman–Crippen LogP) is 0.463. The Morgan fingerprint density at radius 1 is 1.50 bits per heavy atom. The summed E-state index contributed by atoms with van der Waals surface area (Å²) in [7, 11) is 1.16. The van der Waals surface area contributed by atoms with Gasteiger partial charge in [-0.1, -0.05) is 29.0 Å². The van der Waals surface area contributed by atoms with E-state index >= 15 is 0 Å². The van der Waals surface area contributed by atoms with Crippen molar-refractivity contribution >= 4 is 47.8 Å². The third-order valence-electron chi connectivity index (χ3n) is 0.749. The van der Waals surface area contributed by atoms with Crippen LogP contribution in [0.3, 0.4) is 0 Å². The molecule has 0 rings (SSSR count). The van der Waals surface area contributed by atoms with Crippen molar-refractivity contribution < 1.29 is 4.74 Å². The molecule has 0 radical (unpaired) electrons. The topological polar surface area (TPSA) is 9.23 Å². The summed E-state index contributed by atoms with van der Waals surface area (Å²) in [5.41, 5.74) is 0. The molecule has 0 aliphatic rings. The third-order valence-corrected chi connectivity index (χ3v) is 5.62. The first-order valence-corrected chi connectivity index (χ1v) is 6.24. The normalized spacial score (nSPS) is 13.1. The predicted molar refractivity (Wildman–Crippen MR) is 47.1 cm³/mol. The van der Waals surface area contributed by atoms with Crippen molar-refractivity contribution in [2.45, 2.75) is 17.7 Å². The smallest absolute Gasteiger partial charge is 0.316 e. The zero-order chi connectivity index (χ0) is 5.86. The van der Waals surface area contributed by atoms with Gasteiger partial charge in [-0.15, -0.1) is 0 Å². The molecule has 8 heavy (non-hydrogen) atoms. The average molecular weight is 209 g/mol. The van der Waals surface area contributed by atoms with Gasteiger partial charge in [0.05, 0.1) is 13.4 Å². The summed E-state index contributed by atoms with van der Waals surface area (Å²) in [5.74, 6) is 0. The minimum absolute atomic E-state index is 0. The van der Waals surface area contributed by atoms with Crippen molar-refractivity contribution in [1.82, 2.24) is 0 Å². The highest BCUT2D eigenvalue weighted by atomic mass is 79.9. The van der Waals surface area contributed by atoms with E-state index in [1.165, 1.54) is 0 Å². The highest BCUT2D eigenvalue weighted by molar-refractivity contribution is 9.10. The SMILES string of the molecule is COC(Br)[SiH](C)C.[MgH2]. The molecule has 0 fully saturated rings. The minimum Gasteiger partial charge on any atom is -0.374 e. The van der Waals surface area contributed by atoms with Crippen LogP contribution in [0.15, 0.2) is 0 Å². The van der Waals surface area contributed by atoms with Crippen LogP contribution in [-0.4, -0.2) is 43.6 Å². The lowest BCUT2D eigenvalue weighted by Crippen LogP contribution is -2.18. The molecule has 0 heterocycles. The van der Waals surface area contributed by atoms with Gasteiger partial charge in [-0.3, -0.25) is 0 Å². The number of alkyl halides is 1. The van der Waals surface area contributed by atoms with Crippen LogP contribution in [-0.2, 0) is 4.74 Å². The summed E-state index contributed by atoms with van der Waals surface area (Å²) < 4.78 is 5.34. The molecule has 0 saturated carbocycles.